The lowest BCUT2D eigenvalue weighted by atomic mass is 9.75. The fourth-order valence-corrected chi connectivity index (χ4v) is 3.04. The van der Waals surface area contributed by atoms with Gasteiger partial charge in [-0.05, 0) is 30.9 Å². The summed E-state index contributed by atoms with van der Waals surface area (Å²) in [4.78, 5) is 22.7. The van der Waals surface area contributed by atoms with Gasteiger partial charge in [-0.15, -0.1) is 0 Å². The van der Waals surface area contributed by atoms with E-state index < -0.39 is 0 Å². The van der Waals surface area contributed by atoms with Crippen molar-refractivity contribution >= 4 is 5.78 Å². The summed E-state index contributed by atoms with van der Waals surface area (Å²) in [6.07, 6.45) is 3.28. The Morgan fingerprint density at radius 2 is 2.11 bits per heavy atom. The second-order valence-electron chi connectivity index (χ2n) is 5.30. The summed E-state index contributed by atoms with van der Waals surface area (Å²) in [7, 11) is 0. The van der Waals surface area contributed by atoms with E-state index in [1.54, 1.807) is 0 Å². The van der Waals surface area contributed by atoms with Crippen LogP contribution in [-0.4, -0.2) is 17.3 Å². The fraction of sp³-hybridized carbons (Fsp3) is 0.533. The number of carbonyl (C=O) groups excluding carboxylic acids is 1. The van der Waals surface area contributed by atoms with Crippen LogP contribution >= 0.6 is 0 Å². The minimum Gasteiger partial charge on any atom is -0.299 e. The number of hydrogen-bond donors (Lipinski definition) is 0. The number of benzene rings is 1. The van der Waals surface area contributed by atoms with Crippen LogP contribution in [0.15, 0.2) is 24.3 Å². The molecule has 0 amide bonds. The molecule has 0 bridgehead atoms. The molecule has 0 spiro atoms. The van der Waals surface area contributed by atoms with Crippen molar-refractivity contribution in [2.75, 3.05) is 6.54 Å². The van der Waals surface area contributed by atoms with Crippen molar-refractivity contribution in [3.05, 3.63) is 45.5 Å². The Labute approximate surface area is 113 Å². The molecule has 0 aliphatic heterocycles. The Morgan fingerprint density at radius 1 is 1.37 bits per heavy atom. The average molecular weight is 261 g/mol. The third-order valence-corrected chi connectivity index (χ3v) is 4.02. The molecule has 0 N–H and O–H groups in total. The van der Waals surface area contributed by atoms with E-state index in [1.807, 2.05) is 31.2 Å². The monoisotopic (exact) mass is 261 g/mol. The standard InChI is InChI=1S/C15H19NO3/c1-11-6-2-3-7-12(11)14(10-16(18)19)13-8-4-5-9-15(13)17/h2-3,6-7,13-14H,4-5,8-10H2,1H3/t13-,14-/m1/s1. The van der Waals surface area contributed by atoms with Crippen molar-refractivity contribution in [2.45, 2.75) is 38.5 Å². The minimum atomic E-state index is -0.293. The SMILES string of the molecule is Cc1ccccc1[C@@H](C[N+](=O)[O-])[C@H]1CCCCC1=O. The van der Waals surface area contributed by atoms with Gasteiger partial charge in [0.25, 0.3) is 0 Å². The third kappa shape index (κ3) is 3.19. The lowest BCUT2D eigenvalue weighted by molar-refractivity contribution is -0.484. The maximum atomic E-state index is 12.1. The van der Waals surface area contributed by atoms with Crippen molar-refractivity contribution in [1.82, 2.24) is 0 Å². The highest BCUT2D eigenvalue weighted by molar-refractivity contribution is 5.82. The molecule has 2 rings (SSSR count). The van der Waals surface area contributed by atoms with Crippen molar-refractivity contribution in [3.63, 3.8) is 0 Å². The molecule has 1 aliphatic carbocycles. The number of Topliss-reactive ketones (excluding diaryl/α,β-unsaturated/α-hetero) is 1. The largest absolute Gasteiger partial charge is 0.299 e. The molecule has 102 valence electrons. The number of aryl methyl sites for hydroxylation is 1. The second kappa shape index (κ2) is 5.95. The molecule has 1 aromatic carbocycles. The first-order valence-corrected chi connectivity index (χ1v) is 6.79. The van der Waals surface area contributed by atoms with E-state index in [9.17, 15) is 14.9 Å². The highest BCUT2D eigenvalue weighted by atomic mass is 16.6. The van der Waals surface area contributed by atoms with Crippen LogP contribution in [0.25, 0.3) is 0 Å². The van der Waals surface area contributed by atoms with Crippen LogP contribution in [0.5, 0.6) is 0 Å². The van der Waals surface area contributed by atoms with Crippen molar-refractivity contribution in [3.8, 4) is 0 Å². The predicted octanol–water partition coefficient (Wildman–Crippen LogP) is 3.11. The number of nitro groups is 1. The van der Waals surface area contributed by atoms with Crippen LogP contribution < -0.4 is 0 Å². The van der Waals surface area contributed by atoms with Gasteiger partial charge in [0.05, 0.1) is 5.92 Å². The normalized spacial score (nSPS) is 21.1. The molecular weight excluding hydrogens is 242 g/mol. The molecule has 19 heavy (non-hydrogen) atoms. The van der Waals surface area contributed by atoms with Gasteiger partial charge in [-0.3, -0.25) is 14.9 Å². The summed E-state index contributed by atoms with van der Waals surface area (Å²) in [6, 6.07) is 7.69. The molecule has 1 aromatic rings. The van der Waals surface area contributed by atoms with E-state index in [-0.39, 0.29) is 29.1 Å². The topological polar surface area (TPSA) is 60.2 Å². The zero-order chi connectivity index (χ0) is 13.8. The first-order valence-electron chi connectivity index (χ1n) is 6.79. The summed E-state index contributed by atoms with van der Waals surface area (Å²) >= 11 is 0. The van der Waals surface area contributed by atoms with E-state index in [1.165, 1.54) is 0 Å². The molecule has 4 heteroatoms. The Balaban J connectivity index is 2.32. The molecule has 1 saturated carbocycles. The number of carbonyl (C=O) groups is 1. The number of ketones is 1. The predicted molar refractivity (Wildman–Crippen MR) is 72.7 cm³/mol. The average Bonchev–Trinajstić information content (AvgIpc) is 2.37. The van der Waals surface area contributed by atoms with Gasteiger partial charge in [0.2, 0.25) is 6.54 Å². The third-order valence-electron chi connectivity index (χ3n) is 4.02. The zero-order valence-electron chi connectivity index (χ0n) is 11.2. The van der Waals surface area contributed by atoms with Gasteiger partial charge in [0.1, 0.15) is 5.78 Å². The highest BCUT2D eigenvalue weighted by Crippen LogP contribution is 2.35. The molecule has 0 heterocycles. The van der Waals surface area contributed by atoms with Gasteiger partial charge >= 0.3 is 0 Å². The van der Waals surface area contributed by atoms with Gasteiger partial charge < -0.3 is 0 Å². The van der Waals surface area contributed by atoms with Crippen LogP contribution in [0.4, 0.5) is 0 Å². The molecule has 0 aromatic heterocycles. The summed E-state index contributed by atoms with van der Waals surface area (Å²) in [6.45, 7) is 1.80. The molecule has 2 atom stereocenters. The number of rotatable bonds is 4. The van der Waals surface area contributed by atoms with Crippen molar-refractivity contribution < 1.29 is 9.72 Å². The van der Waals surface area contributed by atoms with E-state index in [2.05, 4.69) is 0 Å². The van der Waals surface area contributed by atoms with Crippen molar-refractivity contribution in [1.29, 1.82) is 0 Å². The molecule has 0 unspecified atom stereocenters. The van der Waals surface area contributed by atoms with Gasteiger partial charge in [-0.1, -0.05) is 30.7 Å². The van der Waals surface area contributed by atoms with E-state index in [0.717, 1.165) is 30.4 Å². The Hall–Kier alpha value is -1.71. The van der Waals surface area contributed by atoms with Crippen LogP contribution in [0.2, 0.25) is 0 Å². The molecule has 0 saturated heterocycles. The molecule has 1 aliphatic rings. The van der Waals surface area contributed by atoms with Gasteiger partial charge in [-0.2, -0.15) is 0 Å². The summed E-state index contributed by atoms with van der Waals surface area (Å²) < 4.78 is 0. The van der Waals surface area contributed by atoms with Crippen LogP contribution in [-0.2, 0) is 4.79 Å². The van der Waals surface area contributed by atoms with Gasteiger partial charge in [0.15, 0.2) is 0 Å². The fourth-order valence-electron chi connectivity index (χ4n) is 3.04. The first kappa shape index (κ1) is 13.7. The lowest BCUT2D eigenvalue weighted by Gasteiger charge is -2.27. The van der Waals surface area contributed by atoms with E-state index in [4.69, 9.17) is 0 Å². The Bertz CT molecular complexity index is 484. The lowest BCUT2D eigenvalue weighted by Crippen LogP contribution is -2.30. The van der Waals surface area contributed by atoms with Crippen molar-refractivity contribution in [2.24, 2.45) is 5.92 Å². The van der Waals surface area contributed by atoms with E-state index in [0.29, 0.717) is 6.42 Å². The Kier molecular flexibility index (Phi) is 4.30. The second-order valence-corrected chi connectivity index (χ2v) is 5.30. The number of nitrogens with zero attached hydrogens (tertiary/aromatic N) is 1. The van der Waals surface area contributed by atoms with Gasteiger partial charge in [-0.25, -0.2) is 0 Å². The summed E-state index contributed by atoms with van der Waals surface area (Å²) in [5, 5.41) is 10.9. The van der Waals surface area contributed by atoms with E-state index >= 15 is 0 Å². The maximum Gasteiger partial charge on any atom is 0.211 e. The maximum absolute atomic E-state index is 12.1. The minimum absolute atomic E-state index is 0.152. The number of hydrogen-bond acceptors (Lipinski definition) is 3. The highest BCUT2D eigenvalue weighted by Gasteiger charge is 2.34. The molecule has 0 radical (unpaired) electrons. The van der Waals surface area contributed by atoms with Crippen LogP contribution in [0.3, 0.4) is 0 Å². The van der Waals surface area contributed by atoms with Crippen LogP contribution in [0.1, 0.15) is 42.7 Å². The molecule has 1 fully saturated rings. The van der Waals surface area contributed by atoms with Gasteiger partial charge in [0, 0.05) is 17.3 Å². The first-order chi connectivity index (χ1) is 9.09. The van der Waals surface area contributed by atoms with Crippen LogP contribution in [0, 0.1) is 23.0 Å². The molecular formula is C15H19NO3. The summed E-state index contributed by atoms with van der Waals surface area (Å²) in [5.74, 6) is -0.259. The zero-order valence-corrected chi connectivity index (χ0v) is 11.2. The quantitative estimate of drug-likeness (QED) is 0.618. The molecule has 4 nitrogen and oxygen atoms in total. The Morgan fingerprint density at radius 3 is 2.74 bits per heavy atom. The smallest absolute Gasteiger partial charge is 0.211 e. The summed E-state index contributed by atoms with van der Waals surface area (Å²) in [5.41, 5.74) is 1.99.